The van der Waals surface area contributed by atoms with Crippen molar-refractivity contribution in [3.8, 4) is 0 Å². The van der Waals surface area contributed by atoms with Crippen LogP contribution in [-0.2, 0) is 4.79 Å². The molecular weight excluding hydrogens is 200 g/mol. The molecule has 1 aromatic rings. The first-order chi connectivity index (χ1) is 7.63. The van der Waals surface area contributed by atoms with Crippen molar-refractivity contribution in [1.29, 1.82) is 0 Å². The molecule has 0 aliphatic rings. The molecule has 3 N–H and O–H groups in total. The van der Waals surface area contributed by atoms with Gasteiger partial charge in [0.15, 0.2) is 0 Å². The van der Waals surface area contributed by atoms with Crippen molar-refractivity contribution in [3.63, 3.8) is 0 Å². The molecule has 0 fully saturated rings. The molecule has 0 saturated carbocycles. The summed E-state index contributed by atoms with van der Waals surface area (Å²) in [6.45, 7) is 4.60. The highest BCUT2D eigenvalue weighted by atomic mass is 16.1. The Labute approximate surface area is 97.0 Å². The predicted octanol–water partition coefficient (Wildman–Crippen LogP) is 1.91. The zero-order valence-corrected chi connectivity index (χ0v) is 9.99. The third kappa shape index (κ3) is 4.03. The van der Waals surface area contributed by atoms with Gasteiger partial charge in [0.2, 0.25) is 5.91 Å². The molecule has 0 aliphatic carbocycles. The van der Waals surface area contributed by atoms with Gasteiger partial charge in [-0.1, -0.05) is 29.8 Å². The lowest BCUT2D eigenvalue weighted by molar-refractivity contribution is -0.121. The van der Waals surface area contributed by atoms with Crippen LogP contribution in [0.4, 0.5) is 0 Å². The van der Waals surface area contributed by atoms with Gasteiger partial charge in [-0.15, -0.1) is 0 Å². The van der Waals surface area contributed by atoms with Gasteiger partial charge in [-0.3, -0.25) is 4.79 Å². The molecule has 0 radical (unpaired) electrons. The molecule has 0 aliphatic heterocycles. The molecule has 0 saturated heterocycles. The Morgan fingerprint density at radius 1 is 1.38 bits per heavy atom. The summed E-state index contributed by atoms with van der Waals surface area (Å²) in [6.07, 6.45) is 1.25. The Balaban J connectivity index is 2.48. The smallest absolute Gasteiger partial charge is 0.220 e. The zero-order valence-electron chi connectivity index (χ0n) is 9.99. The van der Waals surface area contributed by atoms with Crippen molar-refractivity contribution in [2.24, 2.45) is 5.73 Å². The molecule has 1 aromatic carbocycles. The topological polar surface area (TPSA) is 55.1 Å². The van der Waals surface area contributed by atoms with E-state index in [0.29, 0.717) is 13.0 Å². The summed E-state index contributed by atoms with van der Waals surface area (Å²) in [5.74, 6) is 0.0681. The highest BCUT2D eigenvalue weighted by Crippen LogP contribution is 2.13. The lowest BCUT2D eigenvalue weighted by Gasteiger charge is -2.14. The Kier molecular flexibility index (Phi) is 4.99. The third-order valence-corrected chi connectivity index (χ3v) is 2.56. The van der Waals surface area contributed by atoms with E-state index < -0.39 is 0 Å². The van der Waals surface area contributed by atoms with Crippen molar-refractivity contribution >= 4 is 5.91 Å². The standard InChI is InChI=1S/C13H20N2O/c1-10-5-7-12(8-6-10)11(2)15-13(16)4-3-9-14/h5-8,11H,3-4,9,14H2,1-2H3,(H,15,16). The van der Waals surface area contributed by atoms with E-state index in [1.165, 1.54) is 5.56 Å². The average molecular weight is 220 g/mol. The van der Waals surface area contributed by atoms with Gasteiger partial charge in [0.05, 0.1) is 6.04 Å². The molecule has 0 heterocycles. The summed E-state index contributed by atoms with van der Waals surface area (Å²) in [4.78, 5) is 11.5. The van der Waals surface area contributed by atoms with E-state index in [2.05, 4.69) is 17.4 Å². The van der Waals surface area contributed by atoms with Crippen LogP contribution in [0.25, 0.3) is 0 Å². The fraction of sp³-hybridized carbons (Fsp3) is 0.462. The second-order valence-corrected chi connectivity index (χ2v) is 4.09. The number of aryl methyl sites for hydroxylation is 1. The number of carbonyl (C=O) groups is 1. The van der Waals surface area contributed by atoms with Crippen LogP contribution < -0.4 is 11.1 Å². The molecule has 1 rings (SSSR count). The Morgan fingerprint density at radius 3 is 2.56 bits per heavy atom. The van der Waals surface area contributed by atoms with E-state index in [9.17, 15) is 4.79 Å². The maximum Gasteiger partial charge on any atom is 0.220 e. The first-order valence-electron chi connectivity index (χ1n) is 5.69. The minimum absolute atomic E-state index is 0.0610. The zero-order chi connectivity index (χ0) is 12.0. The largest absolute Gasteiger partial charge is 0.350 e. The van der Waals surface area contributed by atoms with Gasteiger partial charge < -0.3 is 11.1 Å². The lowest BCUT2D eigenvalue weighted by Crippen LogP contribution is -2.26. The minimum Gasteiger partial charge on any atom is -0.350 e. The van der Waals surface area contributed by atoms with Crippen LogP contribution in [0, 0.1) is 6.92 Å². The monoisotopic (exact) mass is 220 g/mol. The quantitative estimate of drug-likeness (QED) is 0.796. The normalized spacial score (nSPS) is 12.2. The van der Waals surface area contributed by atoms with E-state index in [4.69, 9.17) is 5.73 Å². The maximum atomic E-state index is 11.5. The Bertz CT molecular complexity index is 332. The van der Waals surface area contributed by atoms with Gasteiger partial charge in [0, 0.05) is 6.42 Å². The number of carbonyl (C=O) groups excluding carboxylic acids is 1. The van der Waals surface area contributed by atoms with Crippen molar-refractivity contribution in [3.05, 3.63) is 35.4 Å². The van der Waals surface area contributed by atoms with E-state index in [1.54, 1.807) is 0 Å². The summed E-state index contributed by atoms with van der Waals surface area (Å²) in [6, 6.07) is 8.26. The lowest BCUT2D eigenvalue weighted by atomic mass is 10.1. The SMILES string of the molecule is Cc1ccc(C(C)NC(=O)CCCN)cc1. The van der Waals surface area contributed by atoms with Gasteiger partial charge in [0.25, 0.3) is 0 Å². The molecule has 0 spiro atoms. The summed E-state index contributed by atoms with van der Waals surface area (Å²) in [5.41, 5.74) is 7.71. The summed E-state index contributed by atoms with van der Waals surface area (Å²) < 4.78 is 0. The van der Waals surface area contributed by atoms with Gasteiger partial charge in [-0.05, 0) is 32.4 Å². The van der Waals surface area contributed by atoms with Crippen molar-refractivity contribution < 1.29 is 4.79 Å². The molecule has 16 heavy (non-hydrogen) atoms. The van der Waals surface area contributed by atoms with Crippen molar-refractivity contribution in [2.75, 3.05) is 6.54 Å². The number of nitrogens with one attached hydrogen (secondary N) is 1. The van der Waals surface area contributed by atoms with E-state index in [0.717, 1.165) is 12.0 Å². The number of hydrogen-bond donors (Lipinski definition) is 2. The van der Waals surface area contributed by atoms with E-state index in [-0.39, 0.29) is 11.9 Å². The molecule has 0 aromatic heterocycles. The average Bonchev–Trinajstić information content (AvgIpc) is 2.27. The fourth-order valence-corrected chi connectivity index (χ4v) is 1.51. The Hall–Kier alpha value is -1.35. The van der Waals surface area contributed by atoms with Gasteiger partial charge in [-0.25, -0.2) is 0 Å². The number of amides is 1. The first kappa shape index (κ1) is 12.7. The molecule has 3 nitrogen and oxygen atoms in total. The predicted molar refractivity (Wildman–Crippen MR) is 66.0 cm³/mol. The molecule has 0 bridgehead atoms. The molecular formula is C13H20N2O. The van der Waals surface area contributed by atoms with Gasteiger partial charge in [0.1, 0.15) is 0 Å². The molecule has 3 heteroatoms. The van der Waals surface area contributed by atoms with Crippen LogP contribution in [0.15, 0.2) is 24.3 Å². The van der Waals surface area contributed by atoms with Crippen LogP contribution in [0.1, 0.15) is 36.9 Å². The van der Waals surface area contributed by atoms with Crippen LogP contribution in [0.3, 0.4) is 0 Å². The first-order valence-corrected chi connectivity index (χ1v) is 5.69. The van der Waals surface area contributed by atoms with E-state index in [1.807, 2.05) is 26.0 Å². The summed E-state index contributed by atoms with van der Waals surface area (Å²) in [5, 5.41) is 2.96. The molecule has 1 unspecified atom stereocenters. The fourth-order valence-electron chi connectivity index (χ4n) is 1.51. The highest BCUT2D eigenvalue weighted by Gasteiger charge is 2.08. The number of hydrogen-bond acceptors (Lipinski definition) is 2. The number of nitrogens with two attached hydrogens (primary N) is 1. The van der Waals surface area contributed by atoms with E-state index >= 15 is 0 Å². The molecule has 1 amide bonds. The van der Waals surface area contributed by atoms with Crippen LogP contribution in [-0.4, -0.2) is 12.5 Å². The second-order valence-electron chi connectivity index (χ2n) is 4.09. The summed E-state index contributed by atoms with van der Waals surface area (Å²) in [7, 11) is 0. The Morgan fingerprint density at radius 2 is 2.00 bits per heavy atom. The number of benzene rings is 1. The molecule has 88 valence electrons. The van der Waals surface area contributed by atoms with Gasteiger partial charge in [-0.2, -0.15) is 0 Å². The van der Waals surface area contributed by atoms with Gasteiger partial charge >= 0.3 is 0 Å². The summed E-state index contributed by atoms with van der Waals surface area (Å²) >= 11 is 0. The maximum absolute atomic E-state index is 11.5. The van der Waals surface area contributed by atoms with Crippen LogP contribution in [0.5, 0.6) is 0 Å². The minimum atomic E-state index is 0.0610. The van der Waals surface area contributed by atoms with Crippen molar-refractivity contribution in [2.45, 2.75) is 32.7 Å². The second kappa shape index (κ2) is 6.28. The third-order valence-electron chi connectivity index (χ3n) is 2.56. The van der Waals surface area contributed by atoms with Crippen LogP contribution in [0.2, 0.25) is 0 Å². The van der Waals surface area contributed by atoms with Crippen LogP contribution >= 0.6 is 0 Å². The van der Waals surface area contributed by atoms with Crippen molar-refractivity contribution in [1.82, 2.24) is 5.32 Å². The molecule has 1 atom stereocenters. The highest BCUT2D eigenvalue weighted by molar-refractivity contribution is 5.76. The number of rotatable bonds is 5.